The van der Waals surface area contributed by atoms with Crippen molar-refractivity contribution in [3.05, 3.63) is 152 Å². The standard InChI is InChI=1S/C38H25N3/c1-4-13-26(14-5-1)37-31-24-23-28(25-33(31)39-38(40-37)27-15-6-2-7-16-27)30-20-12-22-35-36(30)32-19-10-11-21-34(32)41(35)29-17-8-3-9-18-29/h1-25H. The molecule has 0 atom stereocenters. The normalized spacial score (nSPS) is 11.4. The SMILES string of the molecule is c1ccc(-c2nc(-c3ccccc3)c3ccc(-c4cccc5c4c4ccccc4n5-c4ccccc4)cc3n2)cc1. The molecule has 0 saturated heterocycles. The van der Waals surface area contributed by atoms with E-state index in [0.29, 0.717) is 0 Å². The van der Waals surface area contributed by atoms with Gasteiger partial charge in [0.2, 0.25) is 0 Å². The van der Waals surface area contributed by atoms with E-state index < -0.39 is 0 Å². The highest BCUT2D eigenvalue weighted by molar-refractivity contribution is 6.16. The van der Waals surface area contributed by atoms with Crippen LogP contribution in [-0.4, -0.2) is 14.5 Å². The predicted octanol–water partition coefficient (Wildman–Crippen LogP) is 9.73. The molecule has 3 nitrogen and oxygen atoms in total. The van der Waals surface area contributed by atoms with Gasteiger partial charge in [-0.05, 0) is 47.5 Å². The molecular formula is C38H25N3. The molecule has 41 heavy (non-hydrogen) atoms. The van der Waals surface area contributed by atoms with Gasteiger partial charge in [-0.3, -0.25) is 0 Å². The number of aromatic nitrogens is 3. The van der Waals surface area contributed by atoms with E-state index >= 15 is 0 Å². The molecule has 0 N–H and O–H groups in total. The fraction of sp³-hybridized carbons (Fsp3) is 0. The topological polar surface area (TPSA) is 30.7 Å². The Morgan fingerprint density at radius 1 is 0.439 bits per heavy atom. The summed E-state index contributed by atoms with van der Waals surface area (Å²) in [5.74, 6) is 0.730. The Morgan fingerprint density at radius 2 is 1.10 bits per heavy atom. The van der Waals surface area contributed by atoms with Crippen molar-refractivity contribution in [1.29, 1.82) is 0 Å². The van der Waals surface area contributed by atoms with Gasteiger partial charge in [-0.2, -0.15) is 0 Å². The smallest absolute Gasteiger partial charge is 0.160 e. The van der Waals surface area contributed by atoms with E-state index in [2.05, 4.69) is 132 Å². The minimum atomic E-state index is 0.730. The molecule has 2 aromatic heterocycles. The van der Waals surface area contributed by atoms with E-state index in [1.54, 1.807) is 0 Å². The van der Waals surface area contributed by atoms with Crippen LogP contribution in [0.1, 0.15) is 0 Å². The number of hydrogen-bond donors (Lipinski definition) is 0. The second kappa shape index (κ2) is 9.58. The minimum absolute atomic E-state index is 0.730. The number of para-hydroxylation sites is 2. The molecule has 0 aliphatic carbocycles. The summed E-state index contributed by atoms with van der Waals surface area (Å²) >= 11 is 0. The summed E-state index contributed by atoms with van der Waals surface area (Å²) < 4.78 is 2.36. The van der Waals surface area contributed by atoms with Crippen molar-refractivity contribution >= 4 is 32.7 Å². The van der Waals surface area contributed by atoms with Crippen LogP contribution in [0.25, 0.3) is 72.2 Å². The van der Waals surface area contributed by atoms with Crippen molar-refractivity contribution in [2.24, 2.45) is 0 Å². The van der Waals surface area contributed by atoms with Gasteiger partial charge in [-0.1, -0.05) is 115 Å². The molecule has 0 saturated carbocycles. The van der Waals surface area contributed by atoms with Gasteiger partial charge in [-0.25, -0.2) is 9.97 Å². The summed E-state index contributed by atoms with van der Waals surface area (Å²) in [6.07, 6.45) is 0. The quantitative estimate of drug-likeness (QED) is 0.230. The average Bonchev–Trinajstić information content (AvgIpc) is 3.40. The zero-order valence-electron chi connectivity index (χ0n) is 22.3. The average molecular weight is 524 g/mol. The number of nitrogens with zero attached hydrogens (tertiary/aromatic N) is 3. The summed E-state index contributed by atoms with van der Waals surface area (Å²) in [4.78, 5) is 10.2. The lowest BCUT2D eigenvalue weighted by Crippen LogP contribution is -1.95. The molecule has 0 bridgehead atoms. The lowest BCUT2D eigenvalue weighted by atomic mass is 9.97. The van der Waals surface area contributed by atoms with Gasteiger partial charge in [0.15, 0.2) is 5.82 Å². The van der Waals surface area contributed by atoms with Gasteiger partial charge in [0.05, 0.1) is 22.2 Å². The van der Waals surface area contributed by atoms with E-state index in [9.17, 15) is 0 Å². The van der Waals surface area contributed by atoms with E-state index in [1.165, 1.54) is 27.4 Å². The molecule has 0 amide bonds. The molecule has 8 rings (SSSR count). The summed E-state index contributed by atoms with van der Waals surface area (Å²) in [5.41, 5.74) is 9.82. The third-order valence-corrected chi connectivity index (χ3v) is 7.80. The molecule has 0 radical (unpaired) electrons. The molecule has 0 fully saturated rings. The third-order valence-electron chi connectivity index (χ3n) is 7.80. The molecule has 0 aliphatic rings. The Bertz CT molecular complexity index is 2180. The van der Waals surface area contributed by atoms with Crippen molar-refractivity contribution in [2.75, 3.05) is 0 Å². The Kier molecular flexibility index (Phi) is 5.46. The minimum Gasteiger partial charge on any atom is -0.309 e. The van der Waals surface area contributed by atoms with Crippen LogP contribution in [0.15, 0.2) is 152 Å². The van der Waals surface area contributed by atoms with Gasteiger partial charge >= 0.3 is 0 Å². The van der Waals surface area contributed by atoms with Gasteiger partial charge < -0.3 is 4.57 Å². The van der Waals surface area contributed by atoms with E-state index in [-0.39, 0.29) is 0 Å². The van der Waals surface area contributed by atoms with Gasteiger partial charge in [0.25, 0.3) is 0 Å². The first-order chi connectivity index (χ1) is 20.3. The van der Waals surface area contributed by atoms with Crippen molar-refractivity contribution in [3.8, 4) is 39.5 Å². The largest absolute Gasteiger partial charge is 0.309 e. The maximum absolute atomic E-state index is 5.10. The zero-order chi connectivity index (χ0) is 27.2. The second-order valence-electron chi connectivity index (χ2n) is 10.2. The van der Waals surface area contributed by atoms with E-state index in [0.717, 1.165) is 44.8 Å². The maximum atomic E-state index is 5.10. The summed E-state index contributed by atoms with van der Waals surface area (Å²) in [7, 11) is 0. The Balaban J connectivity index is 1.40. The first-order valence-electron chi connectivity index (χ1n) is 13.9. The molecule has 0 spiro atoms. The van der Waals surface area contributed by atoms with Crippen molar-refractivity contribution in [2.45, 2.75) is 0 Å². The van der Waals surface area contributed by atoms with Crippen LogP contribution < -0.4 is 0 Å². The van der Waals surface area contributed by atoms with Gasteiger partial charge in [-0.15, -0.1) is 0 Å². The Morgan fingerprint density at radius 3 is 1.88 bits per heavy atom. The summed E-state index contributed by atoms with van der Waals surface area (Å²) in [6, 6.07) is 53.1. The molecule has 192 valence electrons. The third kappa shape index (κ3) is 3.90. The fourth-order valence-corrected chi connectivity index (χ4v) is 5.94. The molecule has 8 aromatic rings. The highest BCUT2D eigenvalue weighted by atomic mass is 15.0. The number of benzene rings is 6. The van der Waals surface area contributed by atoms with Crippen molar-refractivity contribution < 1.29 is 0 Å². The second-order valence-corrected chi connectivity index (χ2v) is 10.2. The van der Waals surface area contributed by atoms with Crippen LogP contribution in [-0.2, 0) is 0 Å². The summed E-state index contributed by atoms with van der Waals surface area (Å²) in [5, 5.41) is 3.52. The predicted molar refractivity (Wildman–Crippen MR) is 170 cm³/mol. The van der Waals surface area contributed by atoms with Crippen molar-refractivity contribution in [3.63, 3.8) is 0 Å². The summed E-state index contributed by atoms with van der Waals surface area (Å²) in [6.45, 7) is 0. The molecular weight excluding hydrogens is 498 g/mol. The van der Waals surface area contributed by atoms with E-state index in [4.69, 9.17) is 9.97 Å². The first kappa shape index (κ1) is 23.4. The molecule has 3 heteroatoms. The van der Waals surface area contributed by atoms with Crippen LogP contribution in [0.4, 0.5) is 0 Å². The fourth-order valence-electron chi connectivity index (χ4n) is 5.94. The lowest BCUT2D eigenvalue weighted by molar-refractivity contribution is 1.18. The van der Waals surface area contributed by atoms with Crippen LogP contribution >= 0.6 is 0 Å². The Labute approximate surface area is 238 Å². The molecule has 0 unspecified atom stereocenters. The van der Waals surface area contributed by atoms with Crippen LogP contribution in [0.5, 0.6) is 0 Å². The maximum Gasteiger partial charge on any atom is 0.160 e. The van der Waals surface area contributed by atoms with Crippen LogP contribution in [0.3, 0.4) is 0 Å². The first-order valence-corrected chi connectivity index (χ1v) is 13.9. The molecule has 6 aromatic carbocycles. The van der Waals surface area contributed by atoms with Crippen LogP contribution in [0, 0.1) is 0 Å². The van der Waals surface area contributed by atoms with Crippen molar-refractivity contribution in [1.82, 2.24) is 14.5 Å². The van der Waals surface area contributed by atoms with Crippen LogP contribution in [0.2, 0.25) is 0 Å². The highest BCUT2D eigenvalue weighted by Gasteiger charge is 2.17. The highest BCUT2D eigenvalue weighted by Crippen LogP contribution is 2.40. The monoisotopic (exact) mass is 523 g/mol. The number of fused-ring (bicyclic) bond motifs is 4. The molecule has 2 heterocycles. The molecule has 0 aliphatic heterocycles. The van der Waals surface area contributed by atoms with Gasteiger partial charge in [0.1, 0.15) is 0 Å². The van der Waals surface area contributed by atoms with E-state index in [1.807, 2.05) is 24.3 Å². The Hall–Kier alpha value is -5.54. The number of hydrogen-bond acceptors (Lipinski definition) is 2. The zero-order valence-corrected chi connectivity index (χ0v) is 22.3. The lowest BCUT2D eigenvalue weighted by Gasteiger charge is -2.12. The van der Waals surface area contributed by atoms with Gasteiger partial charge in [0, 0.05) is 33.0 Å². The number of rotatable bonds is 4.